The van der Waals surface area contributed by atoms with Gasteiger partial charge in [0.1, 0.15) is 17.7 Å². The fraction of sp³-hybridized carbons (Fsp3) is 0.429. The van der Waals surface area contributed by atoms with Crippen molar-refractivity contribution >= 4 is 23.7 Å². The SMILES string of the molecule is CC(NC(=O)[C@H]1C[C@@H](c2ccccc2)CCN1C(=O)OC(C)(C)C)C(=O)NCc1ccc(/C(N)=N/O)cc1. The molecule has 1 aliphatic heterocycles. The molecule has 3 rings (SSSR count). The molecule has 1 fully saturated rings. The summed E-state index contributed by atoms with van der Waals surface area (Å²) in [6.45, 7) is 7.56. The van der Waals surface area contributed by atoms with Gasteiger partial charge in [-0.2, -0.15) is 0 Å². The van der Waals surface area contributed by atoms with Gasteiger partial charge in [-0.05, 0) is 57.6 Å². The smallest absolute Gasteiger partial charge is 0.410 e. The molecule has 3 atom stereocenters. The lowest BCUT2D eigenvalue weighted by atomic mass is 9.85. The molecular formula is C28H37N5O5. The summed E-state index contributed by atoms with van der Waals surface area (Å²) in [6.07, 6.45) is 0.588. The van der Waals surface area contributed by atoms with Crippen LogP contribution >= 0.6 is 0 Å². The average Bonchev–Trinajstić information content (AvgIpc) is 2.90. The molecule has 5 N–H and O–H groups in total. The van der Waals surface area contributed by atoms with Crippen LogP contribution in [0.15, 0.2) is 59.8 Å². The van der Waals surface area contributed by atoms with Crippen LogP contribution in [-0.2, 0) is 20.9 Å². The van der Waals surface area contributed by atoms with E-state index in [9.17, 15) is 14.4 Å². The van der Waals surface area contributed by atoms with Gasteiger partial charge in [0.15, 0.2) is 5.84 Å². The van der Waals surface area contributed by atoms with Crippen LogP contribution in [0.3, 0.4) is 0 Å². The molecule has 1 aliphatic rings. The molecule has 1 saturated heterocycles. The predicted octanol–water partition coefficient (Wildman–Crippen LogP) is 3.09. The summed E-state index contributed by atoms with van der Waals surface area (Å²) in [5.74, 6) is -0.669. The van der Waals surface area contributed by atoms with Crippen LogP contribution in [-0.4, -0.2) is 58.1 Å². The van der Waals surface area contributed by atoms with Crippen molar-refractivity contribution in [3.05, 3.63) is 71.3 Å². The number of nitrogens with two attached hydrogens (primary N) is 1. The lowest BCUT2D eigenvalue weighted by Gasteiger charge is -2.39. The van der Waals surface area contributed by atoms with Gasteiger partial charge in [-0.15, -0.1) is 0 Å². The Morgan fingerprint density at radius 1 is 1.13 bits per heavy atom. The van der Waals surface area contributed by atoms with E-state index in [4.69, 9.17) is 15.7 Å². The number of amidine groups is 1. The van der Waals surface area contributed by atoms with Crippen molar-refractivity contribution < 1.29 is 24.3 Å². The highest BCUT2D eigenvalue weighted by atomic mass is 16.6. The van der Waals surface area contributed by atoms with Crippen LogP contribution in [0.5, 0.6) is 0 Å². The summed E-state index contributed by atoms with van der Waals surface area (Å²) in [7, 11) is 0. The molecule has 10 nitrogen and oxygen atoms in total. The molecule has 38 heavy (non-hydrogen) atoms. The number of nitrogens with zero attached hydrogens (tertiary/aromatic N) is 2. The first-order valence-corrected chi connectivity index (χ1v) is 12.7. The Labute approximate surface area is 223 Å². The van der Waals surface area contributed by atoms with Crippen molar-refractivity contribution in [3.8, 4) is 0 Å². The molecule has 204 valence electrons. The number of amides is 3. The highest BCUT2D eigenvalue weighted by Crippen LogP contribution is 2.32. The number of nitrogens with one attached hydrogen (secondary N) is 2. The topological polar surface area (TPSA) is 146 Å². The minimum Gasteiger partial charge on any atom is -0.444 e. The Morgan fingerprint density at radius 3 is 2.39 bits per heavy atom. The van der Waals surface area contributed by atoms with E-state index in [-0.39, 0.29) is 24.2 Å². The highest BCUT2D eigenvalue weighted by Gasteiger charge is 2.39. The van der Waals surface area contributed by atoms with E-state index >= 15 is 0 Å². The van der Waals surface area contributed by atoms with E-state index in [1.165, 1.54) is 4.90 Å². The van der Waals surface area contributed by atoms with E-state index in [0.717, 1.165) is 11.1 Å². The molecule has 3 amide bonds. The van der Waals surface area contributed by atoms with Gasteiger partial charge < -0.3 is 26.3 Å². The van der Waals surface area contributed by atoms with E-state index < -0.39 is 29.7 Å². The quantitative estimate of drug-likeness (QED) is 0.190. The standard InChI is InChI=1S/C28H37N5O5/c1-18(25(34)30-17-19-10-12-21(13-11-19)24(29)32-37)31-26(35)23-16-22(20-8-6-5-7-9-20)14-15-33(23)27(36)38-28(2,3)4/h5-13,18,22-23,37H,14-17H2,1-4H3,(H2,29,32)(H,30,34)(H,31,35)/t18?,22-,23+/m0/s1. The summed E-state index contributed by atoms with van der Waals surface area (Å²) >= 11 is 0. The molecule has 1 heterocycles. The molecule has 0 aliphatic carbocycles. The summed E-state index contributed by atoms with van der Waals surface area (Å²) in [5, 5.41) is 17.3. The summed E-state index contributed by atoms with van der Waals surface area (Å²) < 4.78 is 5.57. The van der Waals surface area contributed by atoms with E-state index in [1.54, 1.807) is 52.0 Å². The number of carbonyl (C=O) groups excluding carboxylic acids is 3. The molecule has 0 saturated carbocycles. The third-order valence-corrected chi connectivity index (χ3v) is 6.38. The Bertz CT molecular complexity index is 1140. The zero-order chi connectivity index (χ0) is 27.9. The predicted molar refractivity (Wildman–Crippen MR) is 144 cm³/mol. The van der Waals surface area contributed by atoms with Crippen molar-refractivity contribution in [1.82, 2.24) is 15.5 Å². The van der Waals surface area contributed by atoms with Gasteiger partial charge in [-0.3, -0.25) is 14.5 Å². The summed E-state index contributed by atoms with van der Waals surface area (Å²) in [5.41, 5.74) is 7.34. The van der Waals surface area contributed by atoms with Crippen molar-refractivity contribution in [2.75, 3.05) is 6.54 Å². The molecular weight excluding hydrogens is 486 g/mol. The normalized spacial score (nSPS) is 18.8. The van der Waals surface area contributed by atoms with E-state index in [2.05, 4.69) is 15.8 Å². The fourth-order valence-corrected chi connectivity index (χ4v) is 4.35. The summed E-state index contributed by atoms with van der Waals surface area (Å²) in [6, 6.07) is 15.2. The highest BCUT2D eigenvalue weighted by molar-refractivity contribution is 5.97. The van der Waals surface area contributed by atoms with Gasteiger partial charge in [-0.25, -0.2) is 4.79 Å². The fourth-order valence-electron chi connectivity index (χ4n) is 4.35. The maximum atomic E-state index is 13.4. The largest absolute Gasteiger partial charge is 0.444 e. The van der Waals surface area contributed by atoms with Gasteiger partial charge in [-0.1, -0.05) is 59.8 Å². The van der Waals surface area contributed by atoms with Gasteiger partial charge >= 0.3 is 6.09 Å². The van der Waals surface area contributed by atoms with Crippen LogP contribution in [0.2, 0.25) is 0 Å². The van der Waals surface area contributed by atoms with E-state index in [0.29, 0.717) is 24.9 Å². The lowest BCUT2D eigenvalue weighted by Crippen LogP contribution is -2.57. The Kier molecular flexibility index (Phi) is 9.33. The second-order valence-electron chi connectivity index (χ2n) is 10.5. The van der Waals surface area contributed by atoms with Crippen molar-refractivity contribution in [1.29, 1.82) is 0 Å². The zero-order valence-corrected chi connectivity index (χ0v) is 22.3. The number of oxime groups is 1. The number of hydrogen-bond acceptors (Lipinski definition) is 6. The van der Waals surface area contributed by atoms with Gasteiger partial charge in [0.05, 0.1) is 0 Å². The minimum absolute atomic E-state index is 0.00504. The number of rotatable bonds is 7. The van der Waals surface area contributed by atoms with Crippen LogP contribution in [0.1, 0.15) is 63.1 Å². The second kappa shape index (κ2) is 12.4. The van der Waals surface area contributed by atoms with Crippen LogP contribution in [0.25, 0.3) is 0 Å². The summed E-state index contributed by atoms with van der Waals surface area (Å²) in [4.78, 5) is 40.5. The van der Waals surface area contributed by atoms with Crippen LogP contribution in [0, 0.1) is 0 Å². The minimum atomic E-state index is -0.823. The van der Waals surface area contributed by atoms with Gasteiger partial charge in [0.2, 0.25) is 11.8 Å². The van der Waals surface area contributed by atoms with Gasteiger partial charge in [0.25, 0.3) is 0 Å². The molecule has 2 aromatic carbocycles. The Balaban J connectivity index is 1.65. The van der Waals surface area contributed by atoms with Crippen LogP contribution < -0.4 is 16.4 Å². The molecule has 0 radical (unpaired) electrons. The molecule has 0 aromatic heterocycles. The van der Waals surface area contributed by atoms with Crippen LogP contribution in [0.4, 0.5) is 4.79 Å². The van der Waals surface area contributed by atoms with Crippen molar-refractivity contribution in [3.63, 3.8) is 0 Å². The average molecular weight is 524 g/mol. The first-order chi connectivity index (χ1) is 18.0. The molecule has 0 spiro atoms. The van der Waals surface area contributed by atoms with Crippen molar-refractivity contribution in [2.24, 2.45) is 10.9 Å². The Hall–Kier alpha value is -4.08. The number of ether oxygens (including phenoxy) is 1. The number of hydrogen-bond donors (Lipinski definition) is 4. The molecule has 10 heteroatoms. The van der Waals surface area contributed by atoms with Gasteiger partial charge in [0, 0.05) is 18.7 Å². The zero-order valence-electron chi connectivity index (χ0n) is 22.3. The number of likely N-dealkylation sites (tertiary alicyclic amines) is 1. The van der Waals surface area contributed by atoms with E-state index in [1.807, 2.05) is 30.3 Å². The number of carbonyl (C=O) groups is 3. The monoisotopic (exact) mass is 523 g/mol. The first-order valence-electron chi connectivity index (χ1n) is 12.7. The Morgan fingerprint density at radius 2 is 1.79 bits per heavy atom. The molecule has 1 unspecified atom stereocenters. The third kappa shape index (κ3) is 7.71. The maximum absolute atomic E-state index is 13.4. The molecule has 0 bridgehead atoms. The molecule has 2 aromatic rings. The lowest BCUT2D eigenvalue weighted by molar-refractivity contribution is -0.132. The number of piperidine rings is 1. The second-order valence-corrected chi connectivity index (χ2v) is 10.5. The van der Waals surface area contributed by atoms with Crippen molar-refractivity contribution in [2.45, 2.75) is 70.7 Å². The maximum Gasteiger partial charge on any atom is 0.410 e. The number of benzene rings is 2. The third-order valence-electron chi connectivity index (χ3n) is 6.38. The first kappa shape index (κ1) is 28.5.